The monoisotopic (exact) mass is 272 g/mol. The molecule has 1 aromatic carbocycles. The van der Waals surface area contributed by atoms with Gasteiger partial charge in [0.15, 0.2) is 0 Å². The van der Waals surface area contributed by atoms with Crippen LogP contribution >= 0.6 is 0 Å². The van der Waals surface area contributed by atoms with E-state index >= 15 is 0 Å². The molecule has 1 aromatic rings. The molecular formula is C18H28N2. The molecule has 2 heteroatoms. The van der Waals surface area contributed by atoms with E-state index in [1.807, 2.05) is 0 Å². The average molecular weight is 272 g/mol. The van der Waals surface area contributed by atoms with Crippen LogP contribution in [-0.2, 0) is 0 Å². The molecule has 2 aliphatic carbocycles. The van der Waals surface area contributed by atoms with Crippen molar-refractivity contribution in [2.45, 2.75) is 76.0 Å². The first-order valence-electron chi connectivity index (χ1n) is 7.95. The normalized spacial score (nSPS) is 36.5. The van der Waals surface area contributed by atoms with Gasteiger partial charge >= 0.3 is 0 Å². The van der Waals surface area contributed by atoms with Crippen molar-refractivity contribution < 1.29 is 0 Å². The number of benzene rings is 1. The molecule has 0 heterocycles. The van der Waals surface area contributed by atoms with Gasteiger partial charge in [-0.05, 0) is 52.5 Å². The molecular weight excluding hydrogens is 244 g/mol. The standard InChI is InChI=1S/C18H28N2/c1-17(2,3)20-18(4)11-14(12-18)19-16-10-15(16)13-8-6-5-7-9-13/h5-9,14-16,19-20H,10-12H2,1-4H3/t14-,15-,16+,18-/m0/s1. The van der Waals surface area contributed by atoms with Gasteiger partial charge < -0.3 is 10.6 Å². The van der Waals surface area contributed by atoms with Gasteiger partial charge in [-0.1, -0.05) is 30.3 Å². The zero-order valence-electron chi connectivity index (χ0n) is 13.2. The highest BCUT2D eigenvalue weighted by atomic mass is 15.1. The van der Waals surface area contributed by atoms with Gasteiger partial charge in [-0.25, -0.2) is 0 Å². The lowest BCUT2D eigenvalue weighted by molar-refractivity contribution is 0.114. The molecule has 20 heavy (non-hydrogen) atoms. The second kappa shape index (κ2) is 4.85. The lowest BCUT2D eigenvalue weighted by Crippen LogP contribution is -2.64. The summed E-state index contributed by atoms with van der Waals surface area (Å²) in [6.07, 6.45) is 3.81. The molecule has 0 aromatic heterocycles. The Morgan fingerprint density at radius 1 is 1.10 bits per heavy atom. The molecule has 110 valence electrons. The third kappa shape index (κ3) is 3.24. The van der Waals surface area contributed by atoms with E-state index in [0.29, 0.717) is 17.6 Å². The average Bonchev–Trinajstić information content (AvgIpc) is 3.05. The van der Waals surface area contributed by atoms with E-state index in [-0.39, 0.29) is 5.54 Å². The topological polar surface area (TPSA) is 24.1 Å². The molecule has 2 nitrogen and oxygen atoms in total. The first kappa shape index (κ1) is 14.1. The van der Waals surface area contributed by atoms with Gasteiger partial charge in [0.05, 0.1) is 0 Å². The predicted octanol–water partition coefficient (Wildman–Crippen LogP) is 3.44. The molecule has 0 aliphatic heterocycles. The van der Waals surface area contributed by atoms with E-state index in [2.05, 4.69) is 68.7 Å². The summed E-state index contributed by atoms with van der Waals surface area (Å²) in [6, 6.07) is 12.3. The van der Waals surface area contributed by atoms with Crippen LogP contribution in [0.5, 0.6) is 0 Å². The summed E-state index contributed by atoms with van der Waals surface area (Å²) in [5.41, 5.74) is 2.04. The maximum absolute atomic E-state index is 3.84. The lowest BCUT2D eigenvalue weighted by atomic mass is 9.72. The first-order valence-corrected chi connectivity index (χ1v) is 7.95. The van der Waals surface area contributed by atoms with Gasteiger partial charge in [0.25, 0.3) is 0 Å². The SMILES string of the molecule is CC(C)(C)N[C@]1(C)C[C@@H](N[C@@H]2C[C@H]2c2ccccc2)C1. The largest absolute Gasteiger partial charge is 0.310 e. The fourth-order valence-electron chi connectivity index (χ4n) is 3.90. The van der Waals surface area contributed by atoms with Crippen molar-refractivity contribution in [1.82, 2.24) is 10.6 Å². The lowest BCUT2D eigenvalue weighted by Gasteiger charge is -2.50. The molecule has 2 saturated carbocycles. The molecule has 2 aliphatic rings. The second-order valence-corrected chi connectivity index (χ2v) is 8.07. The van der Waals surface area contributed by atoms with Crippen molar-refractivity contribution in [2.75, 3.05) is 0 Å². The zero-order valence-corrected chi connectivity index (χ0v) is 13.2. The van der Waals surface area contributed by atoms with E-state index in [9.17, 15) is 0 Å². The fourth-order valence-corrected chi connectivity index (χ4v) is 3.90. The van der Waals surface area contributed by atoms with Crippen molar-refractivity contribution in [2.24, 2.45) is 0 Å². The van der Waals surface area contributed by atoms with Crippen LogP contribution in [0.4, 0.5) is 0 Å². The van der Waals surface area contributed by atoms with Gasteiger partial charge in [-0.2, -0.15) is 0 Å². The Balaban J connectivity index is 1.45. The van der Waals surface area contributed by atoms with Crippen LogP contribution in [0.3, 0.4) is 0 Å². The van der Waals surface area contributed by atoms with Gasteiger partial charge in [0.2, 0.25) is 0 Å². The minimum Gasteiger partial charge on any atom is -0.310 e. The van der Waals surface area contributed by atoms with E-state index < -0.39 is 0 Å². The van der Waals surface area contributed by atoms with E-state index in [1.54, 1.807) is 0 Å². The summed E-state index contributed by atoms with van der Waals surface area (Å²) in [5.74, 6) is 0.749. The maximum atomic E-state index is 3.84. The Labute approximate surface area is 123 Å². The summed E-state index contributed by atoms with van der Waals surface area (Å²) in [5, 5.41) is 7.60. The van der Waals surface area contributed by atoms with E-state index in [4.69, 9.17) is 0 Å². The summed E-state index contributed by atoms with van der Waals surface area (Å²) < 4.78 is 0. The fraction of sp³-hybridized carbons (Fsp3) is 0.667. The molecule has 0 bridgehead atoms. The molecule has 0 amide bonds. The minimum absolute atomic E-state index is 0.214. The highest BCUT2D eigenvalue weighted by molar-refractivity contribution is 5.28. The first-order chi connectivity index (χ1) is 9.35. The molecule has 3 rings (SSSR count). The summed E-state index contributed by atoms with van der Waals surface area (Å²) >= 11 is 0. The molecule has 0 radical (unpaired) electrons. The van der Waals surface area contributed by atoms with Crippen molar-refractivity contribution >= 4 is 0 Å². The van der Waals surface area contributed by atoms with Crippen molar-refractivity contribution in [3.05, 3.63) is 35.9 Å². The third-order valence-corrected chi connectivity index (χ3v) is 4.54. The number of hydrogen-bond donors (Lipinski definition) is 2. The Kier molecular flexibility index (Phi) is 3.42. The van der Waals surface area contributed by atoms with Gasteiger partial charge in [0.1, 0.15) is 0 Å². The Morgan fingerprint density at radius 2 is 1.75 bits per heavy atom. The molecule has 0 unspecified atom stereocenters. The van der Waals surface area contributed by atoms with E-state index in [0.717, 1.165) is 5.92 Å². The van der Waals surface area contributed by atoms with Crippen LogP contribution in [0.2, 0.25) is 0 Å². The number of nitrogens with one attached hydrogen (secondary N) is 2. The third-order valence-electron chi connectivity index (χ3n) is 4.54. The molecule has 2 N–H and O–H groups in total. The van der Waals surface area contributed by atoms with E-state index in [1.165, 1.54) is 24.8 Å². The van der Waals surface area contributed by atoms with Gasteiger partial charge in [-0.15, -0.1) is 0 Å². The summed E-state index contributed by atoms with van der Waals surface area (Å²) in [4.78, 5) is 0. The highest BCUT2D eigenvalue weighted by Crippen LogP contribution is 2.43. The van der Waals surface area contributed by atoms with Crippen molar-refractivity contribution in [1.29, 1.82) is 0 Å². The molecule has 2 fully saturated rings. The Bertz CT molecular complexity index is 454. The summed E-state index contributed by atoms with van der Waals surface area (Å²) in [6.45, 7) is 9.12. The maximum Gasteiger partial charge on any atom is 0.0187 e. The predicted molar refractivity (Wildman–Crippen MR) is 85.0 cm³/mol. The Morgan fingerprint density at radius 3 is 2.35 bits per heavy atom. The van der Waals surface area contributed by atoms with Crippen LogP contribution in [0.1, 0.15) is 58.4 Å². The molecule has 0 spiro atoms. The van der Waals surface area contributed by atoms with Crippen LogP contribution in [-0.4, -0.2) is 23.2 Å². The highest BCUT2D eigenvalue weighted by Gasteiger charge is 2.46. The summed E-state index contributed by atoms with van der Waals surface area (Å²) in [7, 11) is 0. The quantitative estimate of drug-likeness (QED) is 0.877. The second-order valence-electron chi connectivity index (χ2n) is 8.07. The Hall–Kier alpha value is -0.860. The van der Waals surface area contributed by atoms with Gasteiger partial charge in [-0.3, -0.25) is 0 Å². The van der Waals surface area contributed by atoms with Crippen molar-refractivity contribution in [3.8, 4) is 0 Å². The van der Waals surface area contributed by atoms with Gasteiger partial charge in [0, 0.05) is 29.1 Å². The van der Waals surface area contributed by atoms with Crippen LogP contribution in [0.25, 0.3) is 0 Å². The molecule has 2 atom stereocenters. The number of rotatable bonds is 4. The minimum atomic E-state index is 0.214. The number of hydrogen-bond acceptors (Lipinski definition) is 2. The van der Waals surface area contributed by atoms with Crippen LogP contribution in [0.15, 0.2) is 30.3 Å². The zero-order chi connectivity index (χ0) is 14.4. The van der Waals surface area contributed by atoms with Crippen molar-refractivity contribution in [3.63, 3.8) is 0 Å². The molecule has 0 saturated heterocycles. The van der Waals surface area contributed by atoms with Crippen LogP contribution < -0.4 is 10.6 Å². The van der Waals surface area contributed by atoms with Crippen LogP contribution in [0, 0.1) is 0 Å². The smallest absolute Gasteiger partial charge is 0.0187 e.